The van der Waals surface area contributed by atoms with E-state index in [0.29, 0.717) is 9.79 Å². The molecule has 2 N–H and O–H groups in total. The predicted octanol–water partition coefficient (Wildman–Crippen LogP) is 6.04. The highest BCUT2D eigenvalue weighted by Gasteiger charge is 2.11. The van der Waals surface area contributed by atoms with Gasteiger partial charge in [0.25, 0.3) is 0 Å². The second-order valence-corrected chi connectivity index (χ2v) is 13.3. The highest BCUT2D eigenvalue weighted by Crippen LogP contribution is 2.18. The number of carboxylic acid groups (broad SMARTS) is 2. The third-order valence-corrected chi connectivity index (χ3v) is 7.03. The summed E-state index contributed by atoms with van der Waals surface area (Å²) in [6.45, 7) is 2.20. The van der Waals surface area contributed by atoms with Gasteiger partial charge in [-0.2, -0.15) is 0 Å². The molecule has 4 aromatic rings. The highest BCUT2D eigenvalue weighted by atomic mass is 32.2. The molecule has 0 amide bonds. The molecule has 0 unspecified atom stereocenters. The van der Waals surface area contributed by atoms with Gasteiger partial charge in [0.1, 0.15) is 13.1 Å². The average molecular weight is 591 g/mol. The molecular formula is C34H42N2O5S+2. The van der Waals surface area contributed by atoms with E-state index in [9.17, 15) is 13.8 Å². The molecule has 0 fully saturated rings. The summed E-state index contributed by atoms with van der Waals surface area (Å²) in [6.07, 6.45) is 0. The van der Waals surface area contributed by atoms with Crippen molar-refractivity contribution in [2.75, 3.05) is 42.3 Å². The number of benzene rings is 4. The summed E-state index contributed by atoms with van der Waals surface area (Å²) in [7, 11) is 11.7. The van der Waals surface area contributed by atoms with E-state index in [2.05, 4.69) is 103 Å². The minimum Gasteiger partial charge on any atom is -0.478 e. The van der Waals surface area contributed by atoms with Gasteiger partial charge in [0.05, 0.1) is 64.2 Å². The number of aromatic carboxylic acids is 2. The lowest BCUT2D eigenvalue weighted by atomic mass is 10.2. The summed E-state index contributed by atoms with van der Waals surface area (Å²) >= 11 is 0. The van der Waals surface area contributed by atoms with Crippen LogP contribution in [0.15, 0.2) is 119 Å². The molecular weight excluding hydrogens is 548 g/mol. The van der Waals surface area contributed by atoms with Crippen LogP contribution in [0.2, 0.25) is 0 Å². The number of rotatable bonds is 8. The van der Waals surface area contributed by atoms with E-state index in [0.717, 1.165) is 22.1 Å². The first-order chi connectivity index (χ1) is 19.6. The van der Waals surface area contributed by atoms with Crippen LogP contribution in [0.5, 0.6) is 0 Å². The fourth-order valence-corrected chi connectivity index (χ4v) is 4.88. The Hall–Kier alpha value is -4.11. The topological polar surface area (TPSA) is 91.7 Å². The minimum atomic E-state index is -1.48. The molecule has 0 saturated carbocycles. The Kier molecular flexibility index (Phi) is 12.8. The molecule has 222 valence electrons. The Morgan fingerprint density at radius 1 is 0.524 bits per heavy atom. The zero-order chi connectivity index (χ0) is 31.3. The zero-order valence-corrected chi connectivity index (χ0v) is 26.0. The summed E-state index contributed by atoms with van der Waals surface area (Å²) in [5.41, 5.74) is 3.04. The highest BCUT2D eigenvalue weighted by molar-refractivity contribution is 7.85. The van der Waals surface area contributed by atoms with Gasteiger partial charge >= 0.3 is 11.9 Å². The van der Waals surface area contributed by atoms with Crippen LogP contribution in [0.1, 0.15) is 31.8 Å². The Morgan fingerprint density at radius 2 is 0.810 bits per heavy atom. The van der Waals surface area contributed by atoms with Gasteiger partial charge in [-0.05, 0) is 48.5 Å². The van der Waals surface area contributed by atoms with Crippen LogP contribution >= 0.6 is 0 Å². The number of hydrogen-bond donors (Lipinski definition) is 2. The summed E-state index contributed by atoms with van der Waals surface area (Å²) in [6, 6.07) is 32.6. The number of quaternary nitrogens is 2. The van der Waals surface area contributed by atoms with Crippen molar-refractivity contribution >= 4 is 22.7 Å². The predicted molar refractivity (Wildman–Crippen MR) is 168 cm³/mol. The summed E-state index contributed by atoms with van der Waals surface area (Å²) < 4.78 is 14.2. The van der Waals surface area contributed by atoms with Crippen molar-refractivity contribution in [3.63, 3.8) is 0 Å². The summed E-state index contributed by atoms with van der Waals surface area (Å²) in [4.78, 5) is 22.4. The minimum absolute atomic E-state index is 0.118. The van der Waals surface area contributed by atoms with E-state index < -0.39 is 22.7 Å². The first-order valence-corrected chi connectivity index (χ1v) is 14.6. The third-order valence-electron chi connectivity index (χ3n) is 5.63. The van der Waals surface area contributed by atoms with Crippen LogP contribution in [0.25, 0.3) is 0 Å². The van der Waals surface area contributed by atoms with E-state index in [1.54, 1.807) is 0 Å². The van der Waals surface area contributed by atoms with E-state index in [1.807, 2.05) is 0 Å². The lowest BCUT2D eigenvalue weighted by molar-refractivity contribution is -0.884. The molecule has 0 heterocycles. The van der Waals surface area contributed by atoms with Gasteiger partial charge in [0, 0.05) is 20.9 Å². The van der Waals surface area contributed by atoms with Crippen molar-refractivity contribution in [1.29, 1.82) is 0 Å². The molecule has 0 aromatic heterocycles. The van der Waals surface area contributed by atoms with Gasteiger partial charge in [-0.25, -0.2) is 13.8 Å². The van der Waals surface area contributed by atoms with Gasteiger partial charge < -0.3 is 19.2 Å². The van der Waals surface area contributed by atoms with E-state index >= 15 is 0 Å². The Morgan fingerprint density at radius 3 is 1.05 bits per heavy atom. The molecule has 4 aromatic carbocycles. The average Bonchev–Trinajstić information content (AvgIpc) is 2.93. The Labute approximate surface area is 251 Å². The van der Waals surface area contributed by atoms with Crippen molar-refractivity contribution in [1.82, 2.24) is 0 Å². The quantitative estimate of drug-likeness (QED) is 0.244. The van der Waals surface area contributed by atoms with Crippen molar-refractivity contribution in [2.24, 2.45) is 0 Å². The molecule has 0 bridgehead atoms. The molecule has 0 aliphatic heterocycles. The van der Waals surface area contributed by atoms with Crippen LogP contribution in [0.4, 0.5) is 0 Å². The molecule has 0 saturated heterocycles. The number of carboxylic acids is 2. The van der Waals surface area contributed by atoms with Gasteiger partial charge in [0.15, 0.2) is 0 Å². The number of nitrogens with zero attached hydrogens (tertiary/aromatic N) is 2. The largest absolute Gasteiger partial charge is 0.478 e. The molecule has 0 spiro atoms. The van der Waals surface area contributed by atoms with E-state index in [-0.39, 0.29) is 11.1 Å². The van der Waals surface area contributed by atoms with Crippen LogP contribution < -0.4 is 0 Å². The Balaban J connectivity index is 0.000000239. The molecule has 0 atom stereocenters. The molecule has 42 heavy (non-hydrogen) atoms. The first kappa shape index (κ1) is 34.1. The lowest BCUT2D eigenvalue weighted by Gasteiger charge is -2.23. The normalized spacial score (nSPS) is 11.0. The van der Waals surface area contributed by atoms with E-state index in [4.69, 9.17) is 10.2 Å². The molecule has 0 aliphatic carbocycles. The maximum absolute atomic E-state index is 12.2. The third kappa shape index (κ3) is 13.0. The van der Waals surface area contributed by atoms with Crippen molar-refractivity contribution in [3.05, 3.63) is 131 Å². The van der Waals surface area contributed by atoms with Crippen molar-refractivity contribution < 1.29 is 33.0 Å². The molecule has 4 rings (SSSR count). The molecule has 0 radical (unpaired) electrons. The Bertz CT molecular complexity index is 1320. The number of carbonyl (C=O) groups is 2. The zero-order valence-electron chi connectivity index (χ0n) is 25.2. The van der Waals surface area contributed by atoms with Crippen LogP contribution in [-0.4, -0.2) is 77.6 Å². The standard InChI is InChI=1S/C14H10O5S.2C10H16N/c15-13(16)9-1-5-11(6-2-9)20(19)12-7-3-10(4-8-12)14(17)18;2*1-11(2,3)9-10-7-5-4-6-8-10/h1-8H,(H,15,16)(H,17,18);2*4-8H,9H2,1-3H3/q;2*+1. The fourth-order valence-electron chi connectivity index (χ4n) is 3.84. The van der Waals surface area contributed by atoms with Crippen LogP contribution in [0.3, 0.4) is 0 Å². The lowest BCUT2D eigenvalue weighted by Crippen LogP contribution is -2.33. The second-order valence-electron chi connectivity index (χ2n) is 11.8. The second kappa shape index (κ2) is 15.8. The van der Waals surface area contributed by atoms with Gasteiger partial charge in [0.2, 0.25) is 0 Å². The van der Waals surface area contributed by atoms with Gasteiger partial charge in [-0.1, -0.05) is 60.7 Å². The van der Waals surface area contributed by atoms with Crippen molar-refractivity contribution in [2.45, 2.75) is 22.9 Å². The van der Waals surface area contributed by atoms with E-state index in [1.165, 1.54) is 59.7 Å². The molecule has 8 heteroatoms. The first-order valence-electron chi connectivity index (χ1n) is 13.4. The fraction of sp³-hybridized carbons (Fsp3) is 0.235. The molecule has 0 aliphatic rings. The maximum atomic E-state index is 12.2. The SMILES string of the molecule is C[N+](C)(C)Cc1ccccc1.C[N+](C)(C)Cc1ccccc1.O=C(O)c1ccc(S(=O)c2ccc(C(=O)O)cc2)cc1. The van der Waals surface area contributed by atoms with Crippen molar-refractivity contribution in [3.8, 4) is 0 Å². The smallest absolute Gasteiger partial charge is 0.335 e. The summed E-state index contributed by atoms with van der Waals surface area (Å²) in [5, 5.41) is 17.6. The summed E-state index contributed by atoms with van der Waals surface area (Å²) in [5.74, 6) is -2.10. The van der Waals surface area contributed by atoms with Gasteiger partial charge in [-0.3, -0.25) is 0 Å². The van der Waals surface area contributed by atoms with Crippen LogP contribution in [-0.2, 0) is 23.9 Å². The molecule has 7 nitrogen and oxygen atoms in total. The monoisotopic (exact) mass is 590 g/mol. The number of hydrogen-bond acceptors (Lipinski definition) is 3. The van der Waals surface area contributed by atoms with Crippen LogP contribution in [0, 0.1) is 0 Å². The maximum Gasteiger partial charge on any atom is 0.335 e. The van der Waals surface area contributed by atoms with Gasteiger partial charge in [-0.15, -0.1) is 0 Å².